The average molecular weight is 411 g/mol. The number of esters is 2. The standard InChI is InChI=1S/C25H46O4/c1-7-10-12-13-14-15-16-17-18-20-25(19-9-3,22(26)28-21-11-8-2)23(27)29-24(4,5)6/h9H,3,7-8,10-21H2,1-2,4-6H3/t25-/m0/s1. The van der Waals surface area contributed by atoms with Crippen LogP contribution in [-0.2, 0) is 19.1 Å². The first-order chi connectivity index (χ1) is 13.7. The molecule has 170 valence electrons. The number of unbranched alkanes of at least 4 members (excludes halogenated alkanes) is 9. The molecule has 0 bridgehead atoms. The van der Waals surface area contributed by atoms with E-state index in [2.05, 4.69) is 13.5 Å². The Morgan fingerprint density at radius 3 is 1.79 bits per heavy atom. The Labute approximate surface area is 179 Å². The van der Waals surface area contributed by atoms with Gasteiger partial charge in [0.15, 0.2) is 5.41 Å². The van der Waals surface area contributed by atoms with Crippen LogP contribution in [0.25, 0.3) is 0 Å². The second kappa shape index (κ2) is 15.5. The van der Waals surface area contributed by atoms with Crippen LogP contribution in [0, 0.1) is 5.41 Å². The van der Waals surface area contributed by atoms with Crippen LogP contribution in [0.5, 0.6) is 0 Å². The normalized spacial score (nSPS) is 13.6. The molecule has 0 aromatic rings. The van der Waals surface area contributed by atoms with Gasteiger partial charge in [-0.1, -0.05) is 84.1 Å². The van der Waals surface area contributed by atoms with Crippen molar-refractivity contribution >= 4 is 11.9 Å². The van der Waals surface area contributed by atoms with Crippen molar-refractivity contribution in [2.24, 2.45) is 5.41 Å². The molecule has 0 rings (SSSR count). The molecule has 0 saturated heterocycles. The summed E-state index contributed by atoms with van der Waals surface area (Å²) in [6, 6.07) is 0. The van der Waals surface area contributed by atoms with E-state index in [1.807, 2.05) is 27.7 Å². The van der Waals surface area contributed by atoms with Gasteiger partial charge in [0.2, 0.25) is 0 Å². The fourth-order valence-corrected chi connectivity index (χ4v) is 3.36. The highest BCUT2D eigenvalue weighted by Gasteiger charge is 2.48. The van der Waals surface area contributed by atoms with Gasteiger partial charge in [-0.25, -0.2) is 0 Å². The van der Waals surface area contributed by atoms with Crippen LogP contribution in [0.15, 0.2) is 12.7 Å². The van der Waals surface area contributed by atoms with E-state index in [4.69, 9.17) is 9.47 Å². The molecule has 0 N–H and O–H groups in total. The fraction of sp³-hybridized carbons (Fsp3) is 0.840. The van der Waals surface area contributed by atoms with Gasteiger partial charge in [0, 0.05) is 0 Å². The van der Waals surface area contributed by atoms with Crippen LogP contribution in [0.1, 0.15) is 118 Å². The van der Waals surface area contributed by atoms with Crippen molar-refractivity contribution in [1.82, 2.24) is 0 Å². The smallest absolute Gasteiger partial charge is 0.324 e. The van der Waals surface area contributed by atoms with Gasteiger partial charge in [-0.05, 0) is 40.0 Å². The molecule has 0 saturated carbocycles. The minimum absolute atomic E-state index is 0.254. The van der Waals surface area contributed by atoms with Crippen molar-refractivity contribution in [3.8, 4) is 0 Å². The molecule has 29 heavy (non-hydrogen) atoms. The van der Waals surface area contributed by atoms with E-state index in [9.17, 15) is 9.59 Å². The predicted octanol–water partition coefficient (Wildman–Crippen LogP) is 7.15. The highest BCUT2D eigenvalue weighted by molar-refractivity contribution is 6.00. The second-order valence-corrected chi connectivity index (χ2v) is 9.14. The fourth-order valence-electron chi connectivity index (χ4n) is 3.36. The molecule has 0 aliphatic rings. The zero-order chi connectivity index (χ0) is 22.2. The summed E-state index contributed by atoms with van der Waals surface area (Å²) >= 11 is 0. The molecular weight excluding hydrogens is 364 g/mol. The van der Waals surface area contributed by atoms with E-state index < -0.39 is 23.0 Å². The molecule has 0 spiro atoms. The molecule has 1 atom stereocenters. The topological polar surface area (TPSA) is 52.6 Å². The first-order valence-corrected chi connectivity index (χ1v) is 11.7. The zero-order valence-corrected chi connectivity index (χ0v) is 19.8. The summed E-state index contributed by atoms with van der Waals surface area (Å²) in [5.74, 6) is -0.939. The summed E-state index contributed by atoms with van der Waals surface area (Å²) in [5.41, 5.74) is -1.92. The molecule has 0 aliphatic heterocycles. The molecule has 0 aromatic heterocycles. The van der Waals surface area contributed by atoms with Crippen LogP contribution in [-0.4, -0.2) is 24.1 Å². The summed E-state index contributed by atoms with van der Waals surface area (Å²) in [6.07, 6.45) is 14.7. The molecule has 4 nitrogen and oxygen atoms in total. The van der Waals surface area contributed by atoms with Gasteiger partial charge in [0.25, 0.3) is 0 Å². The van der Waals surface area contributed by atoms with Gasteiger partial charge in [0.1, 0.15) is 5.60 Å². The molecule has 0 aliphatic carbocycles. The third-order valence-corrected chi connectivity index (χ3v) is 5.11. The Morgan fingerprint density at radius 1 is 0.793 bits per heavy atom. The lowest BCUT2D eigenvalue weighted by Gasteiger charge is -2.32. The maximum absolute atomic E-state index is 13.0. The number of carbonyl (C=O) groups is 2. The summed E-state index contributed by atoms with van der Waals surface area (Å²) in [7, 11) is 0. The minimum Gasteiger partial charge on any atom is -0.465 e. The average Bonchev–Trinajstić information content (AvgIpc) is 2.64. The van der Waals surface area contributed by atoms with Crippen molar-refractivity contribution in [3.05, 3.63) is 12.7 Å². The molecule has 0 fully saturated rings. The van der Waals surface area contributed by atoms with E-state index in [0.717, 1.165) is 32.1 Å². The second-order valence-electron chi connectivity index (χ2n) is 9.14. The lowest BCUT2D eigenvalue weighted by atomic mass is 9.79. The molecule has 0 radical (unpaired) electrons. The maximum Gasteiger partial charge on any atom is 0.324 e. The first kappa shape index (κ1) is 27.7. The van der Waals surface area contributed by atoms with Crippen LogP contribution < -0.4 is 0 Å². The minimum atomic E-state index is -1.27. The van der Waals surface area contributed by atoms with Crippen molar-refractivity contribution in [2.45, 2.75) is 124 Å². The Bertz CT molecular complexity index is 464. The van der Waals surface area contributed by atoms with Crippen LogP contribution in [0.3, 0.4) is 0 Å². The Kier molecular flexibility index (Phi) is 14.8. The number of ether oxygens (including phenoxy) is 2. The van der Waals surface area contributed by atoms with Crippen molar-refractivity contribution in [3.63, 3.8) is 0 Å². The molecular formula is C25H46O4. The molecule has 4 heteroatoms. The highest BCUT2D eigenvalue weighted by atomic mass is 16.6. The lowest BCUT2D eigenvalue weighted by Crippen LogP contribution is -2.44. The first-order valence-electron chi connectivity index (χ1n) is 11.7. The Morgan fingerprint density at radius 2 is 1.31 bits per heavy atom. The Hall–Kier alpha value is -1.32. The van der Waals surface area contributed by atoms with Crippen molar-refractivity contribution in [2.75, 3.05) is 6.61 Å². The highest BCUT2D eigenvalue weighted by Crippen LogP contribution is 2.35. The van der Waals surface area contributed by atoms with Gasteiger partial charge < -0.3 is 9.47 Å². The molecule has 0 heterocycles. The van der Waals surface area contributed by atoms with Crippen LogP contribution in [0.2, 0.25) is 0 Å². The van der Waals surface area contributed by atoms with E-state index >= 15 is 0 Å². The largest absolute Gasteiger partial charge is 0.465 e. The van der Waals surface area contributed by atoms with Gasteiger partial charge in [-0.3, -0.25) is 9.59 Å². The quantitative estimate of drug-likeness (QED) is 0.110. The number of hydrogen-bond acceptors (Lipinski definition) is 4. The summed E-state index contributed by atoms with van der Waals surface area (Å²) in [5, 5.41) is 0. The van der Waals surface area contributed by atoms with E-state index in [1.165, 1.54) is 38.5 Å². The summed E-state index contributed by atoms with van der Waals surface area (Å²) in [6.45, 7) is 13.9. The third kappa shape index (κ3) is 12.1. The maximum atomic E-state index is 13.0. The number of hydrogen-bond donors (Lipinski definition) is 0. The van der Waals surface area contributed by atoms with Gasteiger partial charge in [-0.2, -0.15) is 0 Å². The SMILES string of the molecule is C=CC[C@](CCCCCCCCCCC)(C(=O)OCCCC)C(=O)OC(C)(C)C. The van der Waals surface area contributed by atoms with Crippen molar-refractivity contribution in [1.29, 1.82) is 0 Å². The number of rotatable bonds is 17. The Balaban J connectivity index is 4.89. The number of allylic oxidation sites excluding steroid dienone is 1. The van der Waals surface area contributed by atoms with Gasteiger partial charge >= 0.3 is 11.9 Å². The monoisotopic (exact) mass is 410 g/mol. The number of carbonyl (C=O) groups excluding carboxylic acids is 2. The lowest BCUT2D eigenvalue weighted by molar-refractivity contribution is -0.180. The van der Waals surface area contributed by atoms with E-state index in [1.54, 1.807) is 6.08 Å². The van der Waals surface area contributed by atoms with Crippen molar-refractivity contribution < 1.29 is 19.1 Å². The van der Waals surface area contributed by atoms with Gasteiger partial charge in [0.05, 0.1) is 6.61 Å². The van der Waals surface area contributed by atoms with Crippen LogP contribution >= 0.6 is 0 Å². The molecule has 0 unspecified atom stereocenters. The third-order valence-electron chi connectivity index (χ3n) is 5.11. The molecule has 0 aromatic carbocycles. The van der Waals surface area contributed by atoms with Crippen LogP contribution in [0.4, 0.5) is 0 Å². The van der Waals surface area contributed by atoms with Gasteiger partial charge in [-0.15, -0.1) is 6.58 Å². The molecule has 0 amide bonds. The zero-order valence-electron chi connectivity index (χ0n) is 19.8. The summed E-state index contributed by atoms with van der Waals surface area (Å²) in [4.78, 5) is 26.0. The van der Waals surface area contributed by atoms with E-state index in [-0.39, 0.29) is 6.42 Å². The summed E-state index contributed by atoms with van der Waals surface area (Å²) < 4.78 is 11.1. The predicted molar refractivity (Wildman–Crippen MR) is 121 cm³/mol. The van der Waals surface area contributed by atoms with E-state index in [0.29, 0.717) is 13.0 Å².